The van der Waals surface area contributed by atoms with Gasteiger partial charge in [-0.2, -0.15) is 4.31 Å². The molecule has 0 spiro atoms. The van der Waals surface area contributed by atoms with E-state index in [4.69, 9.17) is 4.74 Å². The molecule has 0 aliphatic carbocycles. The van der Waals surface area contributed by atoms with Crippen molar-refractivity contribution in [1.82, 2.24) is 4.31 Å². The highest BCUT2D eigenvalue weighted by Gasteiger charge is 2.31. The van der Waals surface area contributed by atoms with Crippen molar-refractivity contribution in [3.63, 3.8) is 0 Å². The molecule has 0 saturated carbocycles. The third kappa shape index (κ3) is 3.43. The smallest absolute Gasteiger partial charge is 0.262 e. The summed E-state index contributed by atoms with van der Waals surface area (Å²) in [7, 11) is -3.70. The van der Waals surface area contributed by atoms with Crippen molar-refractivity contribution >= 4 is 27.3 Å². The predicted molar refractivity (Wildman–Crippen MR) is 103 cm³/mol. The lowest BCUT2D eigenvalue weighted by Gasteiger charge is -2.35. The van der Waals surface area contributed by atoms with Gasteiger partial charge in [-0.15, -0.1) is 0 Å². The second-order valence-corrected chi connectivity index (χ2v) is 8.72. The predicted octanol–water partition coefficient (Wildman–Crippen LogP) is 1.98. The largest absolute Gasteiger partial charge is 0.482 e. The summed E-state index contributed by atoms with van der Waals surface area (Å²) in [6, 6.07) is 9.28. The number of carbonyl (C=O) groups is 1. The zero-order chi connectivity index (χ0) is 19.9. The molecular formula is C19H20FN3O4S. The fourth-order valence-electron chi connectivity index (χ4n) is 3.47. The van der Waals surface area contributed by atoms with Gasteiger partial charge in [0, 0.05) is 37.9 Å². The summed E-state index contributed by atoms with van der Waals surface area (Å²) in [6.45, 7) is 3.25. The van der Waals surface area contributed by atoms with Crippen molar-refractivity contribution in [2.45, 2.75) is 11.8 Å². The van der Waals surface area contributed by atoms with E-state index in [1.807, 2.05) is 4.90 Å². The van der Waals surface area contributed by atoms with E-state index in [2.05, 4.69) is 5.32 Å². The van der Waals surface area contributed by atoms with Crippen molar-refractivity contribution in [3.05, 3.63) is 47.8 Å². The number of ether oxygens (including phenoxy) is 1. The van der Waals surface area contributed by atoms with Gasteiger partial charge in [0.15, 0.2) is 6.61 Å². The molecule has 0 radical (unpaired) electrons. The van der Waals surface area contributed by atoms with E-state index in [-0.39, 0.29) is 23.2 Å². The maximum absolute atomic E-state index is 13.2. The van der Waals surface area contributed by atoms with Crippen molar-refractivity contribution in [2.75, 3.05) is 43.0 Å². The van der Waals surface area contributed by atoms with Gasteiger partial charge in [0.1, 0.15) is 11.6 Å². The molecule has 0 unspecified atom stereocenters. The van der Waals surface area contributed by atoms with Crippen LogP contribution in [0.25, 0.3) is 0 Å². The fourth-order valence-corrected chi connectivity index (χ4v) is 5.12. The van der Waals surface area contributed by atoms with Crippen LogP contribution in [0, 0.1) is 12.7 Å². The van der Waals surface area contributed by atoms with Crippen LogP contribution in [0.2, 0.25) is 0 Å². The first-order valence-corrected chi connectivity index (χ1v) is 10.4. The van der Waals surface area contributed by atoms with Crippen LogP contribution in [0.5, 0.6) is 5.75 Å². The average Bonchev–Trinajstić information content (AvgIpc) is 2.68. The molecule has 148 valence electrons. The average molecular weight is 405 g/mol. The second-order valence-electron chi connectivity index (χ2n) is 6.82. The van der Waals surface area contributed by atoms with Crippen LogP contribution in [0.15, 0.2) is 41.3 Å². The van der Waals surface area contributed by atoms with Gasteiger partial charge in [-0.25, -0.2) is 12.8 Å². The number of hydrogen-bond acceptors (Lipinski definition) is 5. The standard InChI is InChI=1S/C19H20FN3O4S/c1-13-10-16-17(27-12-19(24)21-16)11-18(13)28(25,26)23-8-6-22(7-9-23)15-4-2-14(20)3-5-15/h2-5,10-11H,6-9,12H2,1H3,(H,21,24). The van der Waals surface area contributed by atoms with Crippen molar-refractivity contribution < 1.29 is 22.3 Å². The molecule has 2 aliphatic rings. The number of rotatable bonds is 3. The lowest BCUT2D eigenvalue weighted by atomic mass is 10.2. The number of amides is 1. The number of hydrogen-bond donors (Lipinski definition) is 1. The van der Waals surface area contributed by atoms with Gasteiger partial charge in [-0.05, 0) is 42.8 Å². The van der Waals surface area contributed by atoms with Gasteiger partial charge in [-0.3, -0.25) is 4.79 Å². The molecule has 1 saturated heterocycles. The summed E-state index contributed by atoms with van der Waals surface area (Å²) in [6.07, 6.45) is 0. The normalized spacial score (nSPS) is 17.6. The van der Waals surface area contributed by atoms with Gasteiger partial charge < -0.3 is 15.0 Å². The van der Waals surface area contributed by atoms with Crippen molar-refractivity contribution in [2.24, 2.45) is 0 Å². The highest BCUT2D eigenvalue weighted by atomic mass is 32.2. The summed E-state index contributed by atoms with van der Waals surface area (Å²) < 4.78 is 46.2. The van der Waals surface area contributed by atoms with E-state index in [9.17, 15) is 17.6 Å². The molecule has 4 rings (SSSR count). The Morgan fingerprint density at radius 2 is 1.75 bits per heavy atom. The SMILES string of the molecule is Cc1cc2c(cc1S(=O)(=O)N1CCN(c3ccc(F)cc3)CC1)OCC(=O)N2. The molecule has 0 atom stereocenters. The van der Waals surface area contributed by atoms with Gasteiger partial charge in [0.05, 0.1) is 10.6 Å². The maximum atomic E-state index is 13.2. The Kier molecular flexibility index (Phi) is 4.72. The molecule has 28 heavy (non-hydrogen) atoms. The van der Waals surface area contributed by atoms with Crippen LogP contribution < -0.4 is 15.0 Å². The quantitative estimate of drug-likeness (QED) is 0.845. The van der Waals surface area contributed by atoms with Gasteiger partial charge in [0.25, 0.3) is 5.91 Å². The fraction of sp³-hybridized carbons (Fsp3) is 0.316. The number of fused-ring (bicyclic) bond motifs is 1. The molecule has 2 aliphatic heterocycles. The Balaban J connectivity index is 1.53. The van der Waals surface area contributed by atoms with Crippen molar-refractivity contribution in [3.8, 4) is 5.75 Å². The molecule has 1 N–H and O–H groups in total. The number of carbonyl (C=O) groups excluding carboxylic acids is 1. The zero-order valence-electron chi connectivity index (χ0n) is 15.3. The number of halogens is 1. The molecule has 1 fully saturated rings. The van der Waals surface area contributed by atoms with E-state index in [0.717, 1.165) is 5.69 Å². The van der Waals surface area contributed by atoms with E-state index >= 15 is 0 Å². The van der Waals surface area contributed by atoms with Crippen molar-refractivity contribution in [1.29, 1.82) is 0 Å². The number of piperazine rings is 1. The number of nitrogens with zero attached hydrogens (tertiary/aromatic N) is 2. The Morgan fingerprint density at radius 3 is 2.43 bits per heavy atom. The third-order valence-electron chi connectivity index (χ3n) is 4.96. The van der Waals surface area contributed by atoms with Crippen LogP contribution >= 0.6 is 0 Å². The minimum atomic E-state index is -3.70. The highest BCUT2D eigenvalue weighted by Crippen LogP contribution is 2.34. The molecule has 0 aromatic heterocycles. The summed E-state index contributed by atoms with van der Waals surface area (Å²) in [5.74, 6) is -0.209. The molecule has 2 aromatic rings. The number of aryl methyl sites for hydroxylation is 1. The molecule has 2 heterocycles. The second kappa shape index (κ2) is 7.06. The van der Waals surface area contributed by atoms with Crippen LogP contribution in [0.3, 0.4) is 0 Å². The van der Waals surface area contributed by atoms with Gasteiger partial charge in [-0.1, -0.05) is 0 Å². The highest BCUT2D eigenvalue weighted by molar-refractivity contribution is 7.89. The Labute approximate surface area is 162 Å². The molecule has 1 amide bonds. The number of sulfonamides is 1. The summed E-state index contributed by atoms with van der Waals surface area (Å²) in [5, 5.41) is 2.68. The van der Waals surface area contributed by atoms with Crippen LogP contribution in [0.1, 0.15) is 5.56 Å². The molecular weight excluding hydrogens is 385 g/mol. The van der Waals surface area contributed by atoms with Crippen LogP contribution in [-0.4, -0.2) is 51.4 Å². The number of nitrogens with one attached hydrogen (secondary N) is 1. The summed E-state index contributed by atoms with van der Waals surface area (Å²) in [5.41, 5.74) is 1.90. The molecule has 0 bridgehead atoms. The lowest BCUT2D eigenvalue weighted by molar-refractivity contribution is -0.118. The third-order valence-corrected chi connectivity index (χ3v) is 7.00. The Hall–Kier alpha value is -2.65. The first-order chi connectivity index (χ1) is 13.3. The minimum absolute atomic E-state index is 0.133. The summed E-state index contributed by atoms with van der Waals surface area (Å²) in [4.78, 5) is 13.7. The first-order valence-electron chi connectivity index (χ1n) is 8.92. The molecule has 9 heteroatoms. The van der Waals surface area contributed by atoms with Gasteiger partial charge in [0.2, 0.25) is 10.0 Å². The summed E-state index contributed by atoms with van der Waals surface area (Å²) >= 11 is 0. The lowest BCUT2D eigenvalue weighted by Crippen LogP contribution is -2.48. The zero-order valence-corrected chi connectivity index (χ0v) is 16.1. The van der Waals surface area contributed by atoms with Crippen LogP contribution in [-0.2, 0) is 14.8 Å². The monoisotopic (exact) mass is 405 g/mol. The van der Waals surface area contributed by atoms with Gasteiger partial charge >= 0.3 is 0 Å². The Bertz CT molecular complexity index is 1020. The maximum Gasteiger partial charge on any atom is 0.262 e. The van der Waals surface area contributed by atoms with Crippen LogP contribution in [0.4, 0.5) is 15.8 Å². The minimum Gasteiger partial charge on any atom is -0.482 e. The van der Waals surface area contributed by atoms with E-state index < -0.39 is 10.0 Å². The molecule has 2 aromatic carbocycles. The van der Waals surface area contributed by atoms with E-state index in [1.165, 1.54) is 22.5 Å². The number of anilines is 2. The Morgan fingerprint density at radius 1 is 1.07 bits per heavy atom. The molecule has 7 nitrogen and oxygen atoms in total. The number of benzene rings is 2. The van der Waals surface area contributed by atoms with E-state index in [0.29, 0.717) is 43.2 Å². The first kappa shape index (κ1) is 18.7. The topological polar surface area (TPSA) is 79.0 Å². The van der Waals surface area contributed by atoms with E-state index in [1.54, 1.807) is 25.1 Å².